The van der Waals surface area contributed by atoms with Crippen LogP contribution in [0.1, 0.15) is 20.3 Å². The molecule has 0 saturated carbocycles. The standard InChI is InChI=1S/C10H15NO5/c1-7(2)5-8(12)11(6-10(15)16)4-3-9(13)14/h5H,3-4,6H2,1-2H3,(H,13,14)(H,15,16). The highest BCUT2D eigenvalue weighted by Crippen LogP contribution is 1.98. The maximum atomic E-state index is 11.5. The van der Waals surface area contributed by atoms with Crippen LogP contribution < -0.4 is 0 Å². The first kappa shape index (κ1) is 14.2. The van der Waals surface area contributed by atoms with Crippen molar-refractivity contribution in [2.75, 3.05) is 13.1 Å². The van der Waals surface area contributed by atoms with E-state index in [9.17, 15) is 14.4 Å². The van der Waals surface area contributed by atoms with E-state index in [1.807, 2.05) is 0 Å². The summed E-state index contributed by atoms with van der Waals surface area (Å²) in [5.74, 6) is -2.72. The number of carboxylic acid groups (broad SMARTS) is 2. The second-order valence-electron chi connectivity index (χ2n) is 3.52. The second kappa shape index (κ2) is 6.60. The Kier molecular flexibility index (Phi) is 5.84. The van der Waals surface area contributed by atoms with E-state index in [4.69, 9.17) is 10.2 Å². The molecule has 0 aliphatic heterocycles. The normalized spacial score (nSPS) is 9.38. The van der Waals surface area contributed by atoms with Gasteiger partial charge in [0, 0.05) is 12.6 Å². The van der Waals surface area contributed by atoms with Crippen molar-refractivity contribution >= 4 is 17.8 Å². The lowest BCUT2D eigenvalue weighted by Crippen LogP contribution is -2.36. The first-order valence-corrected chi connectivity index (χ1v) is 4.70. The molecule has 0 aliphatic carbocycles. The number of allylic oxidation sites excluding steroid dienone is 1. The van der Waals surface area contributed by atoms with E-state index in [1.54, 1.807) is 13.8 Å². The molecule has 0 aromatic carbocycles. The molecule has 0 aromatic rings. The molecule has 6 nitrogen and oxygen atoms in total. The Bertz CT molecular complexity index is 317. The Morgan fingerprint density at radius 3 is 2.06 bits per heavy atom. The predicted molar refractivity (Wildman–Crippen MR) is 55.9 cm³/mol. The Balaban J connectivity index is 4.53. The smallest absolute Gasteiger partial charge is 0.323 e. The van der Waals surface area contributed by atoms with Crippen LogP contribution >= 0.6 is 0 Å². The minimum atomic E-state index is -1.17. The summed E-state index contributed by atoms with van der Waals surface area (Å²) in [6.45, 7) is 2.81. The molecule has 6 heteroatoms. The topological polar surface area (TPSA) is 94.9 Å². The highest BCUT2D eigenvalue weighted by atomic mass is 16.4. The number of amides is 1. The van der Waals surface area contributed by atoms with Gasteiger partial charge in [0.05, 0.1) is 6.42 Å². The average Bonchev–Trinajstić information content (AvgIpc) is 2.09. The summed E-state index contributed by atoms with van der Waals surface area (Å²) < 4.78 is 0. The van der Waals surface area contributed by atoms with Gasteiger partial charge in [-0.2, -0.15) is 0 Å². The Labute approximate surface area is 93.2 Å². The van der Waals surface area contributed by atoms with E-state index < -0.39 is 24.4 Å². The third kappa shape index (κ3) is 6.58. The van der Waals surface area contributed by atoms with Gasteiger partial charge in [0.2, 0.25) is 5.91 Å². The summed E-state index contributed by atoms with van der Waals surface area (Å²) in [5.41, 5.74) is 0.732. The summed E-state index contributed by atoms with van der Waals surface area (Å²) in [6.07, 6.45) is 1.01. The monoisotopic (exact) mass is 229 g/mol. The van der Waals surface area contributed by atoms with Crippen molar-refractivity contribution in [2.45, 2.75) is 20.3 Å². The van der Waals surface area contributed by atoms with Gasteiger partial charge in [-0.1, -0.05) is 5.57 Å². The van der Waals surface area contributed by atoms with Gasteiger partial charge in [-0.3, -0.25) is 14.4 Å². The van der Waals surface area contributed by atoms with Gasteiger partial charge in [0.15, 0.2) is 0 Å². The molecule has 0 atom stereocenters. The Hall–Kier alpha value is -1.85. The number of carboxylic acids is 2. The fourth-order valence-electron chi connectivity index (χ4n) is 0.999. The van der Waals surface area contributed by atoms with Crippen LogP contribution in [0.4, 0.5) is 0 Å². The average molecular weight is 229 g/mol. The number of carbonyl (C=O) groups excluding carboxylic acids is 1. The maximum absolute atomic E-state index is 11.5. The van der Waals surface area contributed by atoms with Crippen LogP contribution in [-0.2, 0) is 14.4 Å². The van der Waals surface area contributed by atoms with Crippen LogP contribution in [-0.4, -0.2) is 46.0 Å². The van der Waals surface area contributed by atoms with Crippen LogP contribution in [0.15, 0.2) is 11.6 Å². The van der Waals surface area contributed by atoms with Crippen molar-refractivity contribution in [3.63, 3.8) is 0 Å². The van der Waals surface area contributed by atoms with Crippen molar-refractivity contribution in [2.24, 2.45) is 0 Å². The molecule has 16 heavy (non-hydrogen) atoms. The van der Waals surface area contributed by atoms with Gasteiger partial charge < -0.3 is 15.1 Å². The zero-order valence-electron chi connectivity index (χ0n) is 9.27. The molecule has 0 saturated heterocycles. The summed E-state index contributed by atoms with van der Waals surface area (Å²) in [6, 6.07) is 0. The van der Waals surface area contributed by atoms with Crippen LogP contribution in [0.5, 0.6) is 0 Å². The van der Waals surface area contributed by atoms with Crippen molar-refractivity contribution in [1.82, 2.24) is 4.90 Å². The summed E-state index contributed by atoms with van der Waals surface area (Å²) in [4.78, 5) is 33.3. The highest BCUT2D eigenvalue weighted by Gasteiger charge is 2.15. The Morgan fingerprint density at radius 2 is 1.69 bits per heavy atom. The molecule has 0 heterocycles. The molecule has 0 aliphatic rings. The number of carbonyl (C=O) groups is 3. The number of rotatable bonds is 6. The number of hydrogen-bond acceptors (Lipinski definition) is 3. The van der Waals surface area contributed by atoms with Crippen LogP contribution in [0.3, 0.4) is 0 Å². The van der Waals surface area contributed by atoms with Gasteiger partial charge in [0.25, 0.3) is 0 Å². The van der Waals surface area contributed by atoms with Crippen LogP contribution in [0.25, 0.3) is 0 Å². The van der Waals surface area contributed by atoms with Gasteiger partial charge >= 0.3 is 11.9 Å². The largest absolute Gasteiger partial charge is 0.481 e. The van der Waals surface area contributed by atoms with Crippen molar-refractivity contribution in [1.29, 1.82) is 0 Å². The van der Waals surface area contributed by atoms with Crippen molar-refractivity contribution in [3.05, 3.63) is 11.6 Å². The molecule has 0 spiro atoms. The van der Waals surface area contributed by atoms with Crippen molar-refractivity contribution in [3.8, 4) is 0 Å². The third-order valence-corrected chi connectivity index (χ3v) is 1.65. The fraction of sp³-hybridized carbons (Fsp3) is 0.500. The van der Waals surface area contributed by atoms with E-state index in [0.29, 0.717) is 0 Å². The van der Waals surface area contributed by atoms with E-state index in [1.165, 1.54) is 6.08 Å². The predicted octanol–water partition coefficient (Wildman–Crippen LogP) is 0.341. The molecule has 0 rings (SSSR count). The maximum Gasteiger partial charge on any atom is 0.323 e. The molecule has 1 amide bonds. The van der Waals surface area contributed by atoms with E-state index >= 15 is 0 Å². The quantitative estimate of drug-likeness (QED) is 0.640. The van der Waals surface area contributed by atoms with E-state index in [-0.39, 0.29) is 13.0 Å². The molecule has 2 N–H and O–H groups in total. The van der Waals surface area contributed by atoms with Gasteiger partial charge in [-0.15, -0.1) is 0 Å². The second-order valence-corrected chi connectivity index (χ2v) is 3.52. The molecule has 0 radical (unpaired) electrons. The molecule has 90 valence electrons. The molecular weight excluding hydrogens is 214 g/mol. The molecule has 0 unspecified atom stereocenters. The fourth-order valence-corrected chi connectivity index (χ4v) is 0.999. The van der Waals surface area contributed by atoms with Gasteiger partial charge in [-0.25, -0.2) is 0 Å². The lowest BCUT2D eigenvalue weighted by Gasteiger charge is -2.18. The van der Waals surface area contributed by atoms with E-state index in [2.05, 4.69) is 0 Å². The van der Waals surface area contributed by atoms with Crippen LogP contribution in [0.2, 0.25) is 0 Å². The summed E-state index contributed by atoms with van der Waals surface area (Å²) >= 11 is 0. The van der Waals surface area contributed by atoms with Crippen molar-refractivity contribution < 1.29 is 24.6 Å². The zero-order chi connectivity index (χ0) is 12.7. The first-order valence-electron chi connectivity index (χ1n) is 4.70. The lowest BCUT2D eigenvalue weighted by molar-refractivity contribution is -0.144. The first-order chi connectivity index (χ1) is 7.32. The minimum Gasteiger partial charge on any atom is -0.481 e. The molecule has 0 fully saturated rings. The lowest BCUT2D eigenvalue weighted by atomic mass is 10.3. The van der Waals surface area contributed by atoms with Gasteiger partial charge in [-0.05, 0) is 13.8 Å². The third-order valence-electron chi connectivity index (χ3n) is 1.65. The summed E-state index contributed by atoms with van der Waals surface area (Å²) in [5, 5.41) is 17.0. The number of nitrogens with zero attached hydrogens (tertiary/aromatic N) is 1. The Morgan fingerprint density at radius 1 is 1.12 bits per heavy atom. The molecular formula is C10H15NO5. The molecule has 0 bridgehead atoms. The van der Waals surface area contributed by atoms with E-state index in [0.717, 1.165) is 10.5 Å². The number of hydrogen-bond donors (Lipinski definition) is 2. The highest BCUT2D eigenvalue weighted by molar-refractivity contribution is 5.90. The van der Waals surface area contributed by atoms with Gasteiger partial charge in [0.1, 0.15) is 6.54 Å². The SMILES string of the molecule is CC(C)=CC(=O)N(CCC(=O)O)CC(=O)O. The molecule has 0 aromatic heterocycles. The summed E-state index contributed by atoms with van der Waals surface area (Å²) in [7, 11) is 0. The number of aliphatic carboxylic acids is 2. The zero-order valence-corrected chi connectivity index (χ0v) is 9.27. The minimum absolute atomic E-state index is 0.107. The van der Waals surface area contributed by atoms with Crippen LogP contribution in [0, 0.1) is 0 Å².